The van der Waals surface area contributed by atoms with E-state index in [1.807, 2.05) is 19.3 Å². The average molecular weight is 171 g/mol. The topological polar surface area (TPSA) is 30.7 Å². The first-order chi connectivity index (χ1) is 6.25. The summed E-state index contributed by atoms with van der Waals surface area (Å²) in [7, 11) is 1.87. The van der Waals surface area contributed by atoms with Crippen molar-refractivity contribution in [2.75, 3.05) is 0 Å². The highest BCUT2D eigenvalue weighted by Gasteiger charge is 2.00. The summed E-state index contributed by atoms with van der Waals surface area (Å²) >= 11 is 0. The van der Waals surface area contributed by atoms with Crippen molar-refractivity contribution in [3.63, 3.8) is 0 Å². The molecular formula is C10H9N3. The van der Waals surface area contributed by atoms with E-state index in [0.717, 1.165) is 11.3 Å². The van der Waals surface area contributed by atoms with Crippen LogP contribution in [0, 0.1) is 6.92 Å². The molecule has 0 aliphatic carbocycles. The Morgan fingerprint density at radius 2 is 2.31 bits per heavy atom. The van der Waals surface area contributed by atoms with Gasteiger partial charge in [0.2, 0.25) is 0 Å². The number of hydrogen-bond donors (Lipinski definition) is 0. The Bertz CT molecular complexity index is 418. The third kappa shape index (κ3) is 1.59. The lowest BCUT2D eigenvalue weighted by molar-refractivity contribution is 0.768. The minimum atomic E-state index is 0.717. The van der Waals surface area contributed by atoms with Crippen LogP contribution in [0.5, 0.6) is 0 Å². The molecule has 3 nitrogen and oxygen atoms in total. The maximum atomic E-state index is 5.64. The lowest BCUT2D eigenvalue weighted by Crippen LogP contribution is -1.85. The maximum Gasteiger partial charge on any atom is 0.0736 e. The van der Waals surface area contributed by atoms with E-state index in [0.29, 0.717) is 5.56 Å². The monoisotopic (exact) mass is 171 g/mol. The van der Waals surface area contributed by atoms with Gasteiger partial charge in [0.25, 0.3) is 0 Å². The third-order valence-electron chi connectivity index (χ3n) is 1.78. The largest absolute Gasteiger partial charge is 0.275 e. The van der Waals surface area contributed by atoms with E-state index < -0.39 is 0 Å². The number of aromatic nitrogens is 3. The van der Waals surface area contributed by atoms with Crippen LogP contribution < -0.4 is 0 Å². The maximum absolute atomic E-state index is 5.64. The average Bonchev–Trinajstić information content (AvgIpc) is 2.52. The molecule has 0 bridgehead atoms. The van der Waals surface area contributed by atoms with Gasteiger partial charge >= 0.3 is 0 Å². The van der Waals surface area contributed by atoms with Crippen LogP contribution in [0.3, 0.4) is 0 Å². The standard InChI is InChI=1S/C10H9N3/c1-8-3-4-11-10(5-8)9-6-12-13(2)7-9/h1,3-7H,2H3. The van der Waals surface area contributed by atoms with E-state index >= 15 is 0 Å². The molecule has 0 N–H and O–H groups in total. The minimum Gasteiger partial charge on any atom is -0.275 e. The molecule has 0 aromatic carbocycles. The Hall–Kier alpha value is -1.64. The number of hydrogen-bond acceptors (Lipinski definition) is 2. The summed E-state index contributed by atoms with van der Waals surface area (Å²) < 4.78 is 1.74. The molecule has 2 radical (unpaired) electrons. The van der Waals surface area contributed by atoms with Gasteiger partial charge in [0, 0.05) is 25.0 Å². The first-order valence-electron chi connectivity index (χ1n) is 3.96. The molecule has 0 unspecified atom stereocenters. The molecule has 0 aliphatic rings. The Kier molecular flexibility index (Phi) is 1.85. The normalized spacial score (nSPS) is 10.3. The number of rotatable bonds is 1. The zero-order valence-corrected chi connectivity index (χ0v) is 7.31. The summed E-state index contributed by atoms with van der Waals surface area (Å²) in [5, 5.41) is 4.06. The quantitative estimate of drug-likeness (QED) is 0.651. The molecule has 0 fully saturated rings. The third-order valence-corrected chi connectivity index (χ3v) is 1.78. The number of aryl methyl sites for hydroxylation is 1. The van der Waals surface area contributed by atoms with Crippen LogP contribution in [0.25, 0.3) is 11.3 Å². The highest BCUT2D eigenvalue weighted by molar-refractivity contribution is 5.57. The number of pyridine rings is 1. The molecule has 3 heteroatoms. The van der Waals surface area contributed by atoms with Crippen molar-refractivity contribution in [2.45, 2.75) is 0 Å². The van der Waals surface area contributed by atoms with E-state index in [9.17, 15) is 0 Å². The first-order valence-corrected chi connectivity index (χ1v) is 3.96. The summed E-state index contributed by atoms with van der Waals surface area (Å²) in [4.78, 5) is 4.19. The molecule has 0 spiro atoms. The Balaban J connectivity index is 2.46. The molecule has 13 heavy (non-hydrogen) atoms. The van der Waals surface area contributed by atoms with Gasteiger partial charge < -0.3 is 0 Å². The van der Waals surface area contributed by atoms with Gasteiger partial charge in [0.1, 0.15) is 0 Å². The molecule has 0 saturated heterocycles. The van der Waals surface area contributed by atoms with Crippen LogP contribution in [0.15, 0.2) is 30.7 Å². The lowest BCUT2D eigenvalue weighted by Gasteiger charge is -1.96. The fourth-order valence-electron chi connectivity index (χ4n) is 1.16. The van der Waals surface area contributed by atoms with Crippen molar-refractivity contribution >= 4 is 0 Å². The van der Waals surface area contributed by atoms with Crippen molar-refractivity contribution in [1.29, 1.82) is 0 Å². The molecule has 2 heterocycles. The predicted molar refractivity (Wildman–Crippen MR) is 49.8 cm³/mol. The van der Waals surface area contributed by atoms with Gasteiger partial charge in [-0.3, -0.25) is 9.67 Å². The van der Waals surface area contributed by atoms with Crippen molar-refractivity contribution in [3.8, 4) is 11.3 Å². The second kappa shape index (κ2) is 3.01. The van der Waals surface area contributed by atoms with Gasteiger partial charge in [0.15, 0.2) is 0 Å². The van der Waals surface area contributed by atoms with Crippen LogP contribution in [0.4, 0.5) is 0 Å². The summed E-state index contributed by atoms with van der Waals surface area (Å²) in [6.07, 6.45) is 5.36. The zero-order chi connectivity index (χ0) is 9.26. The Labute approximate surface area is 77.0 Å². The summed E-state index contributed by atoms with van der Waals surface area (Å²) in [5.74, 6) is 0. The van der Waals surface area contributed by atoms with Gasteiger partial charge in [-0.15, -0.1) is 0 Å². The molecule has 0 atom stereocenters. The van der Waals surface area contributed by atoms with Gasteiger partial charge in [0.05, 0.1) is 11.9 Å². The fourth-order valence-corrected chi connectivity index (χ4v) is 1.16. The summed E-state index contributed by atoms with van der Waals surface area (Å²) in [5.41, 5.74) is 2.55. The van der Waals surface area contributed by atoms with Crippen LogP contribution in [0.1, 0.15) is 5.56 Å². The molecule has 0 saturated carbocycles. The highest BCUT2D eigenvalue weighted by atomic mass is 15.2. The van der Waals surface area contributed by atoms with E-state index in [4.69, 9.17) is 6.92 Å². The van der Waals surface area contributed by atoms with E-state index in [2.05, 4.69) is 10.1 Å². The highest BCUT2D eigenvalue weighted by Crippen LogP contribution is 2.15. The molecule has 0 aliphatic heterocycles. The van der Waals surface area contributed by atoms with Gasteiger partial charge in [-0.1, -0.05) is 0 Å². The lowest BCUT2D eigenvalue weighted by atomic mass is 10.2. The Morgan fingerprint density at radius 3 is 2.92 bits per heavy atom. The fraction of sp³-hybridized carbons (Fsp3) is 0.100. The van der Waals surface area contributed by atoms with Crippen LogP contribution in [-0.2, 0) is 7.05 Å². The molecular weight excluding hydrogens is 162 g/mol. The van der Waals surface area contributed by atoms with Crippen LogP contribution in [-0.4, -0.2) is 14.8 Å². The van der Waals surface area contributed by atoms with Crippen molar-refractivity contribution in [2.24, 2.45) is 7.05 Å². The SMILES string of the molecule is [CH]c1ccnc(-c2cnn(C)c2)c1. The number of nitrogens with zero attached hydrogens (tertiary/aromatic N) is 3. The Morgan fingerprint density at radius 1 is 1.46 bits per heavy atom. The zero-order valence-electron chi connectivity index (χ0n) is 7.31. The first kappa shape index (κ1) is 7.98. The molecule has 64 valence electrons. The van der Waals surface area contributed by atoms with E-state index in [1.165, 1.54) is 0 Å². The van der Waals surface area contributed by atoms with Gasteiger partial charge in [-0.05, 0) is 24.6 Å². The van der Waals surface area contributed by atoms with E-state index in [1.54, 1.807) is 23.1 Å². The molecule has 2 rings (SSSR count). The summed E-state index contributed by atoms with van der Waals surface area (Å²) in [6, 6.07) is 3.59. The second-order valence-electron chi connectivity index (χ2n) is 2.88. The molecule has 2 aromatic heterocycles. The predicted octanol–water partition coefficient (Wildman–Crippen LogP) is 1.54. The minimum absolute atomic E-state index is 0.717. The van der Waals surface area contributed by atoms with Gasteiger partial charge in [-0.2, -0.15) is 5.10 Å². The van der Waals surface area contributed by atoms with Gasteiger partial charge in [-0.25, -0.2) is 0 Å². The second-order valence-corrected chi connectivity index (χ2v) is 2.88. The van der Waals surface area contributed by atoms with E-state index in [-0.39, 0.29) is 0 Å². The smallest absolute Gasteiger partial charge is 0.0736 e. The van der Waals surface area contributed by atoms with Crippen LogP contribution in [0.2, 0.25) is 0 Å². The molecule has 2 aromatic rings. The van der Waals surface area contributed by atoms with Crippen LogP contribution >= 0.6 is 0 Å². The summed E-state index contributed by atoms with van der Waals surface area (Å²) in [6.45, 7) is 5.64. The van der Waals surface area contributed by atoms with Crippen molar-refractivity contribution in [1.82, 2.24) is 14.8 Å². The van der Waals surface area contributed by atoms with Crippen molar-refractivity contribution in [3.05, 3.63) is 43.2 Å². The van der Waals surface area contributed by atoms with Crippen molar-refractivity contribution < 1.29 is 0 Å². The molecule has 0 amide bonds.